The van der Waals surface area contributed by atoms with Crippen molar-refractivity contribution in [1.82, 2.24) is 0 Å². The first kappa shape index (κ1) is 15.6. The van der Waals surface area contributed by atoms with Gasteiger partial charge in [0.1, 0.15) is 0 Å². The van der Waals surface area contributed by atoms with E-state index in [1.165, 1.54) is 11.6 Å². The molecular weight excluding hydrogens is 305 g/mol. The Morgan fingerprint density at radius 1 is 1.10 bits per heavy atom. The normalized spacial score (nSPS) is 10.9. The van der Waals surface area contributed by atoms with Gasteiger partial charge in [-0.15, -0.1) is 0 Å². The number of hydrogen-bond donors (Lipinski definition) is 1. The third-order valence-corrected chi connectivity index (χ3v) is 4.02. The highest BCUT2D eigenvalue weighted by molar-refractivity contribution is 6.42. The zero-order valence-corrected chi connectivity index (χ0v) is 13.3. The highest BCUT2D eigenvalue weighted by Gasteiger charge is 2.05. The second kappa shape index (κ2) is 6.79. The summed E-state index contributed by atoms with van der Waals surface area (Å²) in [6.07, 6.45) is 3.11. The maximum absolute atomic E-state index is 12.0. The molecule has 0 bridgehead atoms. The molecule has 0 atom stereocenters. The molecule has 108 valence electrons. The number of rotatable bonds is 4. The van der Waals surface area contributed by atoms with Crippen LogP contribution in [0.3, 0.4) is 0 Å². The third kappa shape index (κ3) is 3.87. The van der Waals surface area contributed by atoms with E-state index < -0.39 is 0 Å². The Hall–Kier alpha value is -1.77. The van der Waals surface area contributed by atoms with Gasteiger partial charge in [-0.3, -0.25) is 4.79 Å². The van der Waals surface area contributed by atoms with E-state index in [2.05, 4.69) is 5.32 Å². The van der Waals surface area contributed by atoms with Gasteiger partial charge in [0.2, 0.25) is 0 Å². The van der Waals surface area contributed by atoms with Gasteiger partial charge in [0, 0.05) is 23.5 Å². The van der Waals surface area contributed by atoms with Gasteiger partial charge < -0.3 is 5.32 Å². The number of allylic oxidation sites excluding steroid dienone is 1. The largest absolute Gasteiger partial charge is 0.361 e. The lowest BCUT2D eigenvalue weighted by Gasteiger charge is -2.07. The Bertz CT molecular complexity index is 708. The SMILES string of the molecule is Cc1cccc(NC=CC(=O)c2ccc(Cl)c(Cl)c2)c1C. The van der Waals surface area contributed by atoms with Gasteiger partial charge in [0.25, 0.3) is 0 Å². The van der Waals surface area contributed by atoms with E-state index in [0.29, 0.717) is 15.6 Å². The monoisotopic (exact) mass is 319 g/mol. The molecule has 0 aliphatic heterocycles. The summed E-state index contributed by atoms with van der Waals surface area (Å²) in [6.45, 7) is 4.08. The average Bonchev–Trinajstić information content (AvgIpc) is 2.46. The molecule has 4 heteroatoms. The lowest BCUT2D eigenvalue weighted by atomic mass is 10.1. The summed E-state index contributed by atoms with van der Waals surface area (Å²) in [5, 5.41) is 3.93. The first-order chi connectivity index (χ1) is 9.99. The minimum atomic E-state index is -0.133. The van der Waals surface area contributed by atoms with Crippen molar-refractivity contribution in [3.8, 4) is 0 Å². The van der Waals surface area contributed by atoms with Crippen molar-refractivity contribution in [1.29, 1.82) is 0 Å². The summed E-state index contributed by atoms with van der Waals surface area (Å²) in [5.74, 6) is -0.133. The minimum Gasteiger partial charge on any atom is -0.361 e. The molecule has 1 N–H and O–H groups in total. The molecule has 0 aliphatic rings. The van der Waals surface area contributed by atoms with Gasteiger partial charge >= 0.3 is 0 Å². The van der Waals surface area contributed by atoms with E-state index >= 15 is 0 Å². The fourth-order valence-electron chi connectivity index (χ4n) is 1.86. The molecule has 0 saturated heterocycles. The van der Waals surface area contributed by atoms with Crippen LogP contribution in [0.2, 0.25) is 10.0 Å². The van der Waals surface area contributed by atoms with Crippen LogP contribution in [0.1, 0.15) is 21.5 Å². The first-order valence-electron chi connectivity index (χ1n) is 6.47. The highest BCUT2D eigenvalue weighted by atomic mass is 35.5. The molecule has 0 radical (unpaired) electrons. The number of hydrogen-bond acceptors (Lipinski definition) is 2. The molecular formula is C17H15Cl2NO. The van der Waals surface area contributed by atoms with Crippen LogP contribution in [0, 0.1) is 13.8 Å². The van der Waals surface area contributed by atoms with Crippen molar-refractivity contribution >= 4 is 34.7 Å². The number of anilines is 1. The molecule has 0 heterocycles. The summed E-state index contributed by atoms with van der Waals surface area (Å²) < 4.78 is 0. The molecule has 2 aromatic carbocycles. The van der Waals surface area contributed by atoms with Gasteiger partial charge in [0.15, 0.2) is 5.78 Å². The standard InChI is InChI=1S/C17H15Cl2NO/c1-11-4-3-5-16(12(11)2)20-9-8-17(21)13-6-7-14(18)15(19)10-13/h3-10,20H,1-2H3. The average molecular weight is 320 g/mol. The molecule has 2 rings (SSSR count). The molecule has 0 aliphatic carbocycles. The van der Waals surface area contributed by atoms with Crippen molar-refractivity contribution in [2.24, 2.45) is 0 Å². The maximum Gasteiger partial charge on any atom is 0.187 e. The minimum absolute atomic E-state index is 0.133. The van der Waals surface area contributed by atoms with Gasteiger partial charge in [-0.05, 0) is 49.2 Å². The number of carbonyl (C=O) groups excluding carboxylic acids is 1. The molecule has 0 saturated carbocycles. The van der Waals surface area contributed by atoms with E-state index in [1.807, 2.05) is 32.0 Å². The van der Waals surface area contributed by atoms with Crippen LogP contribution in [-0.4, -0.2) is 5.78 Å². The van der Waals surface area contributed by atoms with Crippen LogP contribution in [0.15, 0.2) is 48.7 Å². The number of aryl methyl sites for hydroxylation is 1. The van der Waals surface area contributed by atoms with Crippen LogP contribution in [0.25, 0.3) is 0 Å². The van der Waals surface area contributed by atoms with Crippen LogP contribution in [0.5, 0.6) is 0 Å². The lowest BCUT2D eigenvalue weighted by molar-refractivity contribution is 0.104. The van der Waals surface area contributed by atoms with E-state index in [-0.39, 0.29) is 5.78 Å². The van der Waals surface area contributed by atoms with E-state index in [1.54, 1.807) is 24.4 Å². The molecule has 21 heavy (non-hydrogen) atoms. The Morgan fingerprint density at radius 2 is 1.86 bits per heavy atom. The van der Waals surface area contributed by atoms with Gasteiger partial charge in [0.05, 0.1) is 10.0 Å². The summed E-state index contributed by atoms with van der Waals surface area (Å²) in [5.41, 5.74) is 3.84. The first-order valence-corrected chi connectivity index (χ1v) is 7.23. The smallest absolute Gasteiger partial charge is 0.187 e. The molecule has 2 aromatic rings. The summed E-state index contributed by atoms with van der Waals surface area (Å²) in [4.78, 5) is 12.0. The van der Waals surface area contributed by atoms with E-state index in [0.717, 1.165) is 11.3 Å². The van der Waals surface area contributed by atoms with Crippen molar-refractivity contribution in [2.75, 3.05) is 5.32 Å². The van der Waals surface area contributed by atoms with Crippen molar-refractivity contribution < 1.29 is 4.79 Å². The number of ketones is 1. The zero-order chi connectivity index (χ0) is 15.4. The van der Waals surface area contributed by atoms with Crippen LogP contribution in [0.4, 0.5) is 5.69 Å². The quantitative estimate of drug-likeness (QED) is 0.602. The molecule has 0 spiro atoms. The second-order valence-corrected chi connectivity index (χ2v) is 5.53. The maximum atomic E-state index is 12.0. The Kier molecular flexibility index (Phi) is 5.05. The number of nitrogens with one attached hydrogen (secondary N) is 1. The number of benzene rings is 2. The molecule has 0 unspecified atom stereocenters. The fourth-order valence-corrected chi connectivity index (χ4v) is 2.16. The zero-order valence-electron chi connectivity index (χ0n) is 11.8. The summed E-state index contributed by atoms with van der Waals surface area (Å²) >= 11 is 11.7. The van der Waals surface area contributed by atoms with Crippen molar-refractivity contribution in [2.45, 2.75) is 13.8 Å². The predicted octanol–water partition coefficient (Wildman–Crippen LogP) is 5.42. The fraction of sp³-hybridized carbons (Fsp3) is 0.118. The molecule has 0 amide bonds. The van der Waals surface area contributed by atoms with Gasteiger partial charge in [-0.1, -0.05) is 35.3 Å². The van der Waals surface area contributed by atoms with Crippen molar-refractivity contribution in [3.05, 3.63) is 75.4 Å². The Labute approximate surface area is 134 Å². The molecule has 0 aromatic heterocycles. The molecule has 2 nitrogen and oxygen atoms in total. The summed E-state index contributed by atoms with van der Waals surface area (Å²) in [6, 6.07) is 10.8. The lowest BCUT2D eigenvalue weighted by Crippen LogP contribution is -1.97. The van der Waals surface area contributed by atoms with E-state index in [4.69, 9.17) is 23.2 Å². The Morgan fingerprint density at radius 3 is 2.57 bits per heavy atom. The predicted molar refractivity (Wildman–Crippen MR) is 89.5 cm³/mol. The topological polar surface area (TPSA) is 29.1 Å². The second-order valence-electron chi connectivity index (χ2n) is 4.72. The number of halogens is 2. The number of carbonyl (C=O) groups is 1. The third-order valence-electron chi connectivity index (χ3n) is 3.28. The summed E-state index contributed by atoms with van der Waals surface area (Å²) in [7, 11) is 0. The van der Waals surface area contributed by atoms with Crippen LogP contribution < -0.4 is 5.32 Å². The van der Waals surface area contributed by atoms with E-state index in [9.17, 15) is 4.79 Å². The Balaban J connectivity index is 2.09. The van der Waals surface area contributed by atoms with Gasteiger partial charge in [-0.25, -0.2) is 0 Å². The van der Waals surface area contributed by atoms with Crippen LogP contribution in [-0.2, 0) is 0 Å². The van der Waals surface area contributed by atoms with Gasteiger partial charge in [-0.2, -0.15) is 0 Å². The van der Waals surface area contributed by atoms with Crippen LogP contribution >= 0.6 is 23.2 Å². The highest BCUT2D eigenvalue weighted by Crippen LogP contribution is 2.23. The molecule has 0 fully saturated rings. The van der Waals surface area contributed by atoms with Crippen molar-refractivity contribution in [3.63, 3.8) is 0 Å².